The van der Waals surface area contributed by atoms with Gasteiger partial charge in [-0.1, -0.05) is 180 Å². The largest absolute Gasteiger partial charge is 2.00 e. The molecule has 0 aromatic heterocycles. The number of carboxylic acid groups (broad SMARTS) is 2. The monoisotopic (exact) mass is 626 g/mol. The zero-order chi connectivity index (χ0) is 29.8. The Bertz CT molecular complexity index is 524. The minimum absolute atomic E-state index is 0. The summed E-state index contributed by atoms with van der Waals surface area (Å²) in [5, 5.41) is 20.3. The summed E-state index contributed by atoms with van der Waals surface area (Å²) in [5.41, 5.74) is 0. The first-order valence-corrected chi connectivity index (χ1v) is 17.3. The molecule has 0 radical (unpaired) electrons. The van der Waals surface area contributed by atoms with Crippen LogP contribution in [-0.2, 0) is 29.1 Å². The molecule has 0 unspecified atom stereocenters. The number of unbranched alkanes of at least 4 members (excludes halogenated alkanes) is 26. The molecule has 41 heavy (non-hydrogen) atoms. The fourth-order valence-electron chi connectivity index (χ4n) is 4.92. The van der Waals surface area contributed by atoms with E-state index in [4.69, 9.17) is 0 Å². The number of hydrogen-bond donors (Lipinski definition) is 0. The zero-order valence-electron chi connectivity index (χ0n) is 27.4. The molecule has 0 amide bonds. The van der Waals surface area contributed by atoms with Crippen molar-refractivity contribution in [3.05, 3.63) is 24.3 Å². The minimum atomic E-state index is -1.08. The average Bonchev–Trinajstić information content (AvgIpc) is 2.93. The van der Waals surface area contributed by atoms with Gasteiger partial charge in [0.1, 0.15) is 0 Å². The summed E-state index contributed by atoms with van der Waals surface area (Å²) in [5.74, 6) is -2.17. The van der Waals surface area contributed by atoms with Crippen LogP contribution in [0.3, 0.4) is 0 Å². The van der Waals surface area contributed by atoms with Crippen molar-refractivity contribution in [2.75, 3.05) is 0 Å². The maximum atomic E-state index is 10.1. The Morgan fingerprint density at radius 2 is 0.585 bits per heavy atom. The van der Waals surface area contributed by atoms with Crippen LogP contribution >= 0.6 is 0 Å². The van der Waals surface area contributed by atoms with Gasteiger partial charge in [-0.25, -0.2) is 0 Å². The van der Waals surface area contributed by atoms with Crippen LogP contribution in [0.15, 0.2) is 24.3 Å². The van der Waals surface area contributed by atoms with Gasteiger partial charge in [-0.3, -0.25) is 0 Å². The van der Waals surface area contributed by atoms with Crippen molar-refractivity contribution < 1.29 is 39.3 Å². The Balaban J connectivity index is -0.000000688. The number of rotatable bonds is 30. The summed E-state index contributed by atoms with van der Waals surface area (Å²) in [7, 11) is 0. The molecule has 0 aliphatic heterocycles. The molecule has 0 bridgehead atoms. The summed E-state index contributed by atoms with van der Waals surface area (Å²) >= 11 is 0. The topological polar surface area (TPSA) is 80.3 Å². The van der Waals surface area contributed by atoms with Crippen molar-refractivity contribution in [2.24, 2.45) is 0 Å². The van der Waals surface area contributed by atoms with Crippen LogP contribution in [0.2, 0.25) is 0 Å². The van der Waals surface area contributed by atoms with E-state index in [0.717, 1.165) is 37.8 Å². The number of allylic oxidation sites excluding steroid dienone is 2. The molecule has 0 aliphatic rings. The first-order valence-electron chi connectivity index (χ1n) is 17.3. The Kier molecular flexibility index (Phi) is 44.7. The molecule has 0 saturated carbocycles. The van der Waals surface area contributed by atoms with Crippen LogP contribution in [0.4, 0.5) is 0 Å². The van der Waals surface area contributed by atoms with Gasteiger partial charge >= 0.3 is 19.5 Å². The molecule has 236 valence electrons. The van der Waals surface area contributed by atoms with E-state index in [1.807, 2.05) is 0 Å². The van der Waals surface area contributed by atoms with Crippen LogP contribution in [0.5, 0.6) is 0 Å². The van der Waals surface area contributed by atoms with E-state index >= 15 is 0 Å². The van der Waals surface area contributed by atoms with E-state index in [1.54, 1.807) is 12.2 Å². The van der Waals surface area contributed by atoms with Gasteiger partial charge in [0.25, 0.3) is 0 Å². The summed E-state index contributed by atoms with van der Waals surface area (Å²) in [6.45, 7) is 4.53. The van der Waals surface area contributed by atoms with E-state index in [2.05, 4.69) is 13.8 Å². The van der Waals surface area contributed by atoms with Gasteiger partial charge in [-0.05, 0) is 37.8 Å². The van der Waals surface area contributed by atoms with Crippen molar-refractivity contribution in [2.45, 2.75) is 194 Å². The quantitative estimate of drug-likeness (QED) is 0.0451. The van der Waals surface area contributed by atoms with Crippen LogP contribution in [0.25, 0.3) is 0 Å². The molecular formula is C36H66O4Zn. The zero-order valence-corrected chi connectivity index (χ0v) is 30.4. The van der Waals surface area contributed by atoms with Crippen molar-refractivity contribution in [3.8, 4) is 0 Å². The second kappa shape index (κ2) is 41.2. The Labute approximate surface area is 268 Å². The first-order chi connectivity index (χ1) is 19.5. The minimum Gasteiger partial charge on any atom is -0.545 e. The van der Waals surface area contributed by atoms with Crippen molar-refractivity contribution in [1.29, 1.82) is 0 Å². The summed E-state index contributed by atoms with van der Waals surface area (Å²) in [6, 6.07) is 0. The molecule has 4 nitrogen and oxygen atoms in total. The van der Waals surface area contributed by atoms with Gasteiger partial charge in [-0.2, -0.15) is 0 Å². The van der Waals surface area contributed by atoms with Gasteiger partial charge in [0.05, 0.1) is 11.9 Å². The molecule has 0 aromatic carbocycles. The number of hydrogen-bond acceptors (Lipinski definition) is 4. The van der Waals surface area contributed by atoms with E-state index in [0.29, 0.717) is 0 Å². The molecule has 0 rings (SSSR count). The summed E-state index contributed by atoms with van der Waals surface area (Å²) in [4.78, 5) is 20.3. The third kappa shape index (κ3) is 49.1. The maximum absolute atomic E-state index is 10.1. The maximum Gasteiger partial charge on any atom is 2.00 e. The first kappa shape index (κ1) is 44.5. The third-order valence-electron chi connectivity index (χ3n) is 7.46. The molecule has 0 aromatic rings. The SMILES string of the molecule is CCCCCCCCCCCCCCCC=CC(=O)[O-].CCCCCCCCCCCCCCCC=CC(=O)[O-].[Zn+2]. The molecule has 0 N–H and O–H groups in total. The van der Waals surface area contributed by atoms with Crippen molar-refractivity contribution >= 4 is 11.9 Å². The standard InChI is InChI=1S/2C18H34O2.Zn/c2*1-2-3-4-5-6-7-8-9-10-11-12-13-14-15-16-17-18(19)20;/h2*16-17H,2-15H2,1H3,(H,19,20);/q;;+2/p-2. The Hall–Kier alpha value is -0.957. The third-order valence-corrected chi connectivity index (χ3v) is 7.46. The van der Waals surface area contributed by atoms with Gasteiger partial charge < -0.3 is 19.8 Å². The number of carboxylic acids is 2. The normalized spacial score (nSPS) is 11.0. The predicted octanol–water partition coefficient (Wildman–Crippen LogP) is 9.55. The van der Waals surface area contributed by atoms with E-state index < -0.39 is 11.9 Å². The van der Waals surface area contributed by atoms with Crippen LogP contribution in [0.1, 0.15) is 194 Å². The van der Waals surface area contributed by atoms with Gasteiger partial charge in [-0.15, -0.1) is 0 Å². The van der Waals surface area contributed by atoms with Crippen LogP contribution in [-0.4, -0.2) is 11.9 Å². The van der Waals surface area contributed by atoms with Gasteiger partial charge in [0.15, 0.2) is 0 Å². The van der Waals surface area contributed by atoms with E-state index in [1.165, 1.54) is 154 Å². The molecule has 0 aliphatic carbocycles. The number of aliphatic carboxylic acids is 2. The molecule has 0 saturated heterocycles. The van der Waals surface area contributed by atoms with Crippen molar-refractivity contribution in [1.82, 2.24) is 0 Å². The number of carbonyl (C=O) groups excluding carboxylic acids is 2. The second-order valence-corrected chi connectivity index (χ2v) is 11.5. The van der Waals surface area contributed by atoms with Crippen LogP contribution < -0.4 is 10.2 Å². The molecule has 5 heteroatoms. The molecule has 0 fully saturated rings. The van der Waals surface area contributed by atoms with Crippen molar-refractivity contribution in [3.63, 3.8) is 0 Å². The summed E-state index contributed by atoms with van der Waals surface area (Å²) in [6.07, 6.45) is 42.4. The van der Waals surface area contributed by atoms with E-state index in [9.17, 15) is 19.8 Å². The fourth-order valence-corrected chi connectivity index (χ4v) is 4.92. The Morgan fingerprint density at radius 1 is 0.390 bits per heavy atom. The van der Waals surface area contributed by atoms with Gasteiger partial charge in [0, 0.05) is 0 Å². The van der Waals surface area contributed by atoms with Crippen LogP contribution in [0, 0.1) is 0 Å². The summed E-state index contributed by atoms with van der Waals surface area (Å²) < 4.78 is 0. The Morgan fingerprint density at radius 3 is 0.780 bits per heavy atom. The molecule has 0 atom stereocenters. The molecular weight excluding hydrogens is 562 g/mol. The smallest absolute Gasteiger partial charge is 0.545 e. The average molecular weight is 628 g/mol. The molecule has 0 spiro atoms. The van der Waals surface area contributed by atoms with E-state index in [-0.39, 0.29) is 19.5 Å². The number of carbonyl (C=O) groups is 2. The predicted molar refractivity (Wildman–Crippen MR) is 169 cm³/mol. The van der Waals surface area contributed by atoms with Gasteiger partial charge in [0.2, 0.25) is 0 Å². The molecule has 0 heterocycles. The second-order valence-electron chi connectivity index (χ2n) is 11.5. The fraction of sp³-hybridized carbons (Fsp3) is 0.833.